The summed E-state index contributed by atoms with van der Waals surface area (Å²) < 4.78 is 9.26. The highest BCUT2D eigenvalue weighted by Crippen LogP contribution is 2.34. The summed E-state index contributed by atoms with van der Waals surface area (Å²) in [4.78, 5) is 25.2. The van der Waals surface area contributed by atoms with Crippen LogP contribution in [0.5, 0.6) is 5.75 Å². The van der Waals surface area contributed by atoms with Crippen LogP contribution in [-0.4, -0.2) is 31.3 Å². The molecule has 0 aromatic heterocycles. The van der Waals surface area contributed by atoms with E-state index in [0.29, 0.717) is 4.90 Å². The molecule has 22 heavy (non-hydrogen) atoms. The zero-order valence-corrected chi connectivity index (χ0v) is 12.8. The van der Waals surface area contributed by atoms with Gasteiger partial charge in [-0.15, -0.1) is 0 Å². The van der Waals surface area contributed by atoms with Crippen molar-refractivity contribution in [2.45, 2.75) is 9.79 Å². The van der Waals surface area contributed by atoms with Crippen molar-refractivity contribution in [3.8, 4) is 5.75 Å². The van der Waals surface area contributed by atoms with E-state index in [4.69, 9.17) is 0 Å². The molecule has 2 aromatic rings. The molecule has 0 aliphatic heterocycles. The second-order valence-corrected chi connectivity index (χ2v) is 5.41. The van der Waals surface area contributed by atoms with Gasteiger partial charge in [-0.2, -0.15) is 0 Å². The van der Waals surface area contributed by atoms with Crippen molar-refractivity contribution in [2.24, 2.45) is 0 Å². The van der Waals surface area contributed by atoms with Gasteiger partial charge in [0.05, 0.1) is 19.8 Å². The van der Waals surface area contributed by atoms with Crippen molar-refractivity contribution in [3.05, 3.63) is 53.6 Å². The average Bonchev–Trinajstić information content (AvgIpc) is 2.53. The highest BCUT2D eigenvalue weighted by atomic mass is 32.2. The Morgan fingerprint density at radius 1 is 0.955 bits per heavy atom. The Balaban J connectivity index is 2.48. The number of hydrogen-bond donors (Lipinski definition) is 1. The molecule has 1 N–H and O–H groups in total. The van der Waals surface area contributed by atoms with E-state index in [1.807, 2.05) is 30.3 Å². The summed E-state index contributed by atoms with van der Waals surface area (Å²) in [6.07, 6.45) is 0. The first-order valence-electron chi connectivity index (χ1n) is 6.33. The molecule has 0 heterocycles. The van der Waals surface area contributed by atoms with Gasteiger partial charge in [0.2, 0.25) is 0 Å². The van der Waals surface area contributed by atoms with Crippen LogP contribution in [0.3, 0.4) is 0 Å². The Morgan fingerprint density at radius 3 is 2.18 bits per heavy atom. The molecule has 0 spiro atoms. The van der Waals surface area contributed by atoms with Gasteiger partial charge in [0.25, 0.3) is 0 Å². The molecule has 0 saturated heterocycles. The fourth-order valence-electron chi connectivity index (χ4n) is 1.87. The molecule has 0 saturated carbocycles. The zero-order valence-electron chi connectivity index (χ0n) is 12.0. The first-order valence-corrected chi connectivity index (χ1v) is 7.15. The lowest BCUT2D eigenvalue weighted by Gasteiger charge is -2.11. The van der Waals surface area contributed by atoms with Gasteiger partial charge in [-0.05, 0) is 24.3 Å². The molecule has 0 bridgehead atoms. The van der Waals surface area contributed by atoms with Gasteiger partial charge in [-0.25, -0.2) is 9.59 Å². The summed E-state index contributed by atoms with van der Waals surface area (Å²) >= 11 is 1.35. The highest BCUT2D eigenvalue weighted by Gasteiger charge is 2.23. The van der Waals surface area contributed by atoms with E-state index in [0.717, 1.165) is 4.90 Å². The van der Waals surface area contributed by atoms with Gasteiger partial charge in [-0.1, -0.05) is 30.0 Å². The smallest absolute Gasteiger partial charge is 0.342 e. The Bertz CT molecular complexity index is 697. The van der Waals surface area contributed by atoms with E-state index < -0.39 is 11.9 Å². The summed E-state index contributed by atoms with van der Waals surface area (Å²) in [7, 11) is 2.38. The van der Waals surface area contributed by atoms with E-state index in [-0.39, 0.29) is 16.9 Å². The van der Waals surface area contributed by atoms with E-state index in [9.17, 15) is 14.7 Å². The molecule has 0 aliphatic carbocycles. The maximum absolute atomic E-state index is 11.9. The molecule has 0 unspecified atom stereocenters. The van der Waals surface area contributed by atoms with Crippen molar-refractivity contribution in [3.63, 3.8) is 0 Å². The second-order valence-electron chi connectivity index (χ2n) is 4.26. The molecule has 0 atom stereocenters. The van der Waals surface area contributed by atoms with E-state index in [1.165, 1.54) is 38.1 Å². The summed E-state index contributed by atoms with van der Waals surface area (Å²) in [5, 5.41) is 10.1. The Kier molecular flexibility index (Phi) is 5.06. The minimum atomic E-state index is -0.797. The minimum Gasteiger partial charge on any atom is -0.507 e. The number of aromatic hydroxyl groups is 1. The molecule has 114 valence electrons. The fraction of sp³-hybridized carbons (Fsp3) is 0.125. The van der Waals surface area contributed by atoms with Crippen LogP contribution in [0, 0.1) is 0 Å². The van der Waals surface area contributed by atoms with Crippen LogP contribution in [0.4, 0.5) is 0 Å². The van der Waals surface area contributed by atoms with Crippen molar-refractivity contribution in [2.75, 3.05) is 14.2 Å². The lowest BCUT2D eigenvalue weighted by atomic mass is 10.1. The second kappa shape index (κ2) is 7.00. The van der Waals surface area contributed by atoms with Crippen LogP contribution in [0.25, 0.3) is 0 Å². The molecule has 5 nitrogen and oxygen atoms in total. The van der Waals surface area contributed by atoms with Crippen molar-refractivity contribution in [1.82, 2.24) is 0 Å². The Morgan fingerprint density at radius 2 is 1.59 bits per heavy atom. The predicted molar refractivity (Wildman–Crippen MR) is 81.4 cm³/mol. The summed E-state index contributed by atoms with van der Waals surface area (Å²) in [6, 6.07) is 12.4. The van der Waals surface area contributed by atoms with Crippen LogP contribution < -0.4 is 0 Å². The normalized spacial score (nSPS) is 10.1. The number of ether oxygens (including phenoxy) is 2. The number of esters is 2. The first kappa shape index (κ1) is 15.9. The van der Waals surface area contributed by atoms with E-state index in [2.05, 4.69) is 9.47 Å². The van der Waals surface area contributed by atoms with Crippen molar-refractivity contribution < 1.29 is 24.2 Å². The Labute approximate surface area is 131 Å². The number of hydrogen-bond acceptors (Lipinski definition) is 6. The van der Waals surface area contributed by atoms with Crippen LogP contribution in [0.2, 0.25) is 0 Å². The molecule has 0 fully saturated rings. The maximum atomic E-state index is 11.9. The third-order valence-electron chi connectivity index (χ3n) is 2.86. The number of rotatable bonds is 4. The molecule has 0 amide bonds. The summed E-state index contributed by atoms with van der Waals surface area (Å²) in [6.45, 7) is 0. The van der Waals surface area contributed by atoms with E-state index >= 15 is 0 Å². The van der Waals surface area contributed by atoms with Gasteiger partial charge in [0, 0.05) is 9.79 Å². The lowest BCUT2D eigenvalue weighted by molar-refractivity contribution is 0.0552. The van der Waals surface area contributed by atoms with Crippen molar-refractivity contribution in [1.29, 1.82) is 0 Å². The molecule has 2 aromatic carbocycles. The largest absolute Gasteiger partial charge is 0.507 e. The molecular weight excluding hydrogens is 304 g/mol. The average molecular weight is 318 g/mol. The number of phenols is 1. The van der Waals surface area contributed by atoms with Crippen LogP contribution in [-0.2, 0) is 9.47 Å². The topological polar surface area (TPSA) is 72.8 Å². The maximum Gasteiger partial charge on any atom is 0.342 e. The van der Waals surface area contributed by atoms with Gasteiger partial charge in [-0.3, -0.25) is 0 Å². The standard InChI is InChI=1S/C16H14O5S/c1-20-15(18)12-8-11(22-10-6-4-3-5-7-10)9-13(17)14(12)16(19)21-2/h3-9,17H,1-2H3. The molecule has 0 radical (unpaired) electrons. The van der Waals surface area contributed by atoms with E-state index in [1.54, 1.807) is 0 Å². The summed E-state index contributed by atoms with van der Waals surface area (Å²) in [5.74, 6) is -1.84. The van der Waals surface area contributed by atoms with Gasteiger partial charge in [0.15, 0.2) is 0 Å². The number of carbonyl (C=O) groups excluding carboxylic acids is 2. The predicted octanol–water partition coefficient (Wildman–Crippen LogP) is 3.12. The number of carbonyl (C=O) groups is 2. The van der Waals surface area contributed by atoms with Crippen molar-refractivity contribution >= 4 is 23.7 Å². The molecular formula is C16H14O5S. The van der Waals surface area contributed by atoms with Crippen LogP contribution >= 0.6 is 11.8 Å². The number of phenolic OH excluding ortho intramolecular Hbond substituents is 1. The highest BCUT2D eigenvalue weighted by molar-refractivity contribution is 7.99. The third-order valence-corrected chi connectivity index (χ3v) is 3.84. The van der Waals surface area contributed by atoms with Gasteiger partial charge >= 0.3 is 11.9 Å². The monoisotopic (exact) mass is 318 g/mol. The number of methoxy groups -OCH3 is 2. The quantitative estimate of drug-likeness (QED) is 0.873. The third kappa shape index (κ3) is 3.40. The van der Waals surface area contributed by atoms with Gasteiger partial charge < -0.3 is 14.6 Å². The van der Waals surface area contributed by atoms with Gasteiger partial charge in [0.1, 0.15) is 11.3 Å². The zero-order chi connectivity index (χ0) is 16.1. The molecule has 6 heteroatoms. The first-order chi connectivity index (χ1) is 10.6. The molecule has 0 aliphatic rings. The van der Waals surface area contributed by atoms with Crippen LogP contribution in [0.15, 0.2) is 52.3 Å². The summed E-state index contributed by atoms with van der Waals surface area (Å²) in [5.41, 5.74) is -0.237. The SMILES string of the molecule is COC(=O)c1cc(Sc2ccccc2)cc(O)c1C(=O)OC. The number of benzene rings is 2. The van der Waals surface area contributed by atoms with Crippen LogP contribution in [0.1, 0.15) is 20.7 Å². The minimum absolute atomic E-state index is 0.0345. The molecule has 2 rings (SSSR count). The Hall–Kier alpha value is -2.47. The lowest BCUT2D eigenvalue weighted by Crippen LogP contribution is -2.12. The fourth-order valence-corrected chi connectivity index (χ4v) is 2.78.